The Morgan fingerprint density at radius 2 is 2.17 bits per heavy atom. The Labute approximate surface area is 116 Å². The summed E-state index contributed by atoms with van der Waals surface area (Å²) in [7, 11) is 0. The molecule has 4 nitrogen and oxygen atoms in total. The Kier molecular flexibility index (Phi) is 5.89. The fourth-order valence-corrected chi connectivity index (χ4v) is 3.04. The van der Waals surface area contributed by atoms with E-state index >= 15 is 0 Å². The molecule has 2 N–H and O–H groups in total. The first-order valence-electron chi connectivity index (χ1n) is 6.73. The first kappa shape index (κ1) is 15.7. The van der Waals surface area contributed by atoms with Crippen molar-refractivity contribution in [2.24, 2.45) is 17.1 Å². The average molecular weight is 277 g/mol. The molecular weight excluding hydrogens is 252 g/mol. The topological polar surface area (TPSA) is 55.6 Å². The first-order chi connectivity index (χ1) is 8.17. The number of likely N-dealkylation sites (tertiary alicyclic amines) is 1. The lowest BCUT2D eigenvalue weighted by atomic mass is 9.75. The van der Waals surface area contributed by atoms with Crippen molar-refractivity contribution in [1.29, 1.82) is 0 Å². The SMILES string of the molecule is CC(CN)C(=O)N1CCCC2(CCCOC2)C1.Cl. The molecule has 2 rings (SSSR count). The quantitative estimate of drug-likeness (QED) is 0.830. The molecule has 1 spiro atoms. The fourth-order valence-electron chi connectivity index (χ4n) is 3.04. The molecule has 2 fully saturated rings. The van der Waals surface area contributed by atoms with E-state index in [0.717, 1.165) is 39.1 Å². The van der Waals surface area contributed by atoms with Gasteiger partial charge < -0.3 is 15.4 Å². The molecule has 2 aliphatic heterocycles. The zero-order valence-electron chi connectivity index (χ0n) is 11.2. The van der Waals surface area contributed by atoms with Crippen LogP contribution >= 0.6 is 12.4 Å². The highest BCUT2D eigenvalue weighted by Gasteiger charge is 2.39. The molecule has 106 valence electrons. The lowest BCUT2D eigenvalue weighted by molar-refractivity contribution is -0.141. The fraction of sp³-hybridized carbons (Fsp3) is 0.923. The molecule has 0 aromatic rings. The van der Waals surface area contributed by atoms with E-state index in [4.69, 9.17) is 10.5 Å². The van der Waals surface area contributed by atoms with Crippen LogP contribution in [0, 0.1) is 11.3 Å². The van der Waals surface area contributed by atoms with Crippen molar-refractivity contribution in [3.8, 4) is 0 Å². The van der Waals surface area contributed by atoms with Gasteiger partial charge in [0.2, 0.25) is 5.91 Å². The number of rotatable bonds is 2. The number of carbonyl (C=O) groups excluding carboxylic acids is 1. The molecule has 1 amide bonds. The summed E-state index contributed by atoms with van der Waals surface area (Å²) >= 11 is 0. The van der Waals surface area contributed by atoms with Gasteiger partial charge in [0.25, 0.3) is 0 Å². The Hall–Kier alpha value is -0.320. The number of piperidine rings is 1. The summed E-state index contributed by atoms with van der Waals surface area (Å²) in [6.45, 7) is 5.84. The summed E-state index contributed by atoms with van der Waals surface area (Å²) in [6, 6.07) is 0. The third kappa shape index (κ3) is 3.37. The van der Waals surface area contributed by atoms with Gasteiger partial charge >= 0.3 is 0 Å². The van der Waals surface area contributed by atoms with E-state index in [0.29, 0.717) is 6.54 Å². The van der Waals surface area contributed by atoms with Crippen LogP contribution in [0.25, 0.3) is 0 Å². The molecule has 0 aromatic heterocycles. The third-order valence-electron chi connectivity index (χ3n) is 4.15. The lowest BCUT2D eigenvalue weighted by Crippen LogP contribution is -2.51. The van der Waals surface area contributed by atoms with Gasteiger partial charge in [-0.3, -0.25) is 4.79 Å². The summed E-state index contributed by atoms with van der Waals surface area (Å²) in [5.74, 6) is 0.173. The predicted molar refractivity (Wildman–Crippen MR) is 73.8 cm³/mol. The monoisotopic (exact) mass is 276 g/mol. The molecule has 5 heteroatoms. The van der Waals surface area contributed by atoms with Gasteiger partial charge in [-0.15, -0.1) is 12.4 Å². The Morgan fingerprint density at radius 1 is 1.44 bits per heavy atom. The number of hydrogen-bond donors (Lipinski definition) is 1. The van der Waals surface area contributed by atoms with Gasteiger partial charge in [-0.25, -0.2) is 0 Å². The van der Waals surface area contributed by atoms with Crippen molar-refractivity contribution in [2.45, 2.75) is 32.6 Å². The van der Waals surface area contributed by atoms with Crippen molar-refractivity contribution < 1.29 is 9.53 Å². The molecule has 2 saturated heterocycles. The van der Waals surface area contributed by atoms with Gasteiger partial charge in [0, 0.05) is 37.6 Å². The van der Waals surface area contributed by atoms with Crippen LogP contribution < -0.4 is 5.73 Å². The number of ether oxygens (including phenoxy) is 1. The zero-order valence-corrected chi connectivity index (χ0v) is 12.0. The maximum Gasteiger partial charge on any atom is 0.226 e. The molecule has 0 aliphatic carbocycles. The predicted octanol–water partition coefficient (Wildman–Crippen LogP) is 1.42. The van der Waals surface area contributed by atoms with Crippen molar-refractivity contribution in [1.82, 2.24) is 4.90 Å². The minimum Gasteiger partial charge on any atom is -0.381 e. The molecule has 18 heavy (non-hydrogen) atoms. The van der Waals surface area contributed by atoms with Crippen molar-refractivity contribution >= 4 is 18.3 Å². The van der Waals surface area contributed by atoms with E-state index in [1.165, 1.54) is 12.8 Å². The van der Waals surface area contributed by atoms with Crippen LogP contribution in [0.2, 0.25) is 0 Å². The largest absolute Gasteiger partial charge is 0.381 e. The van der Waals surface area contributed by atoms with Crippen molar-refractivity contribution in [3.05, 3.63) is 0 Å². The normalized spacial score (nSPS) is 29.8. The summed E-state index contributed by atoms with van der Waals surface area (Å²) in [5.41, 5.74) is 5.81. The van der Waals surface area contributed by atoms with E-state index < -0.39 is 0 Å². The molecule has 0 radical (unpaired) electrons. The second-order valence-electron chi connectivity index (χ2n) is 5.66. The van der Waals surface area contributed by atoms with E-state index in [2.05, 4.69) is 0 Å². The second-order valence-corrected chi connectivity index (χ2v) is 5.66. The maximum atomic E-state index is 12.2. The van der Waals surface area contributed by atoms with Gasteiger partial charge in [0.05, 0.1) is 6.61 Å². The molecule has 2 aliphatic rings. The van der Waals surface area contributed by atoms with Gasteiger partial charge in [-0.05, 0) is 25.7 Å². The minimum absolute atomic E-state index is 0. The van der Waals surface area contributed by atoms with Crippen LogP contribution in [-0.4, -0.2) is 43.7 Å². The van der Waals surface area contributed by atoms with Crippen LogP contribution in [0.4, 0.5) is 0 Å². The number of hydrogen-bond acceptors (Lipinski definition) is 3. The lowest BCUT2D eigenvalue weighted by Gasteiger charge is -2.45. The summed E-state index contributed by atoms with van der Waals surface area (Å²) in [5, 5.41) is 0. The maximum absolute atomic E-state index is 12.2. The Bertz CT molecular complexity index is 275. The average Bonchev–Trinajstić information content (AvgIpc) is 2.38. The van der Waals surface area contributed by atoms with Crippen LogP contribution in [0.1, 0.15) is 32.6 Å². The molecule has 2 unspecified atom stereocenters. The van der Waals surface area contributed by atoms with Gasteiger partial charge in [0.1, 0.15) is 0 Å². The Balaban J connectivity index is 0.00000162. The van der Waals surface area contributed by atoms with E-state index in [1.807, 2.05) is 11.8 Å². The number of amides is 1. The summed E-state index contributed by atoms with van der Waals surface area (Å²) < 4.78 is 5.62. The third-order valence-corrected chi connectivity index (χ3v) is 4.15. The highest BCUT2D eigenvalue weighted by molar-refractivity contribution is 5.85. The van der Waals surface area contributed by atoms with Crippen LogP contribution in [0.15, 0.2) is 0 Å². The molecular formula is C13H25ClN2O2. The molecule has 0 saturated carbocycles. The molecule has 2 atom stereocenters. The van der Waals surface area contributed by atoms with Gasteiger partial charge in [-0.1, -0.05) is 6.92 Å². The second kappa shape index (κ2) is 6.73. The summed E-state index contributed by atoms with van der Waals surface area (Å²) in [4.78, 5) is 14.2. The number of nitrogens with zero attached hydrogens (tertiary/aromatic N) is 1. The number of carbonyl (C=O) groups is 1. The molecule has 2 heterocycles. The van der Waals surface area contributed by atoms with Crippen molar-refractivity contribution in [2.75, 3.05) is 32.8 Å². The Morgan fingerprint density at radius 3 is 2.78 bits per heavy atom. The zero-order chi connectivity index (χ0) is 12.3. The smallest absolute Gasteiger partial charge is 0.226 e. The number of halogens is 1. The summed E-state index contributed by atoms with van der Waals surface area (Å²) in [6.07, 6.45) is 4.64. The highest BCUT2D eigenvalue weighted by atomic mass is 35.5. The molecule has 0 aromatic carbocycles. The van der Waals surface area contributed by atoms with E-state index in [9.17, 15) is 4.79 Å². The number of nitrogens with two attached hydrogens (primary N) is 1. The molecule has 0 bridgehead atoms. The van der Waals surface area contributed by atoms with Crippen LogP contribution in [-0.2, 0) is 9.53 Å². The van der Waals surface area contributed by atoms with E-state index in [-0.39, 0.29) is 29.6 Å². The highest BCUT2D eigenvalue weighted by Crippen LogP contribution is 2.37. The van der Waals surface area contributed by atoms with Crippen LogP contribution in [0.5, 0.6) is 0 Å². The van der Waals surface area contributed by atoms with Crippen LogP contribution in [0.3, 0.4) is 0 Å². The van der Waals surface area contributed by atoms with E-state index in [1.54, 1.807) is 0 Å². The standard InChI is InChI=1S/C13H24N2O2.ClH/c1-11(8-14)12(16)15-6-2-4-13(9-15)5-3-7-17-10-13;/h11H,2-10,14H2,1H3;1H. The first-order valence-corrected chi connectivity index (χ1v) is 6.73. The van der Waals surface area contributed by atoms with Crippen molar-refractivity contribution in [3.63, 3.8) is 0 Å². The van der Waals surface area contributed by atoms with Gasteiger partial charge in [-0.2, -0.15) is 0 Å². The minimum atomic E-state index is -0.0466. The van der Waals surface area contributed by atoms with Gasteiger partial charge in [0.15, 0.2) is 0 Å².